The Morgan fingerprint density at radius 2 is 2.15 bits per heavy atom. The van der Waals surface area contributed by atoms with E-state index in [4.69, 9.17) is 0 Å². The maximum atomic E-state index is 13.0. The minimum Gasteiger partial charge on any atom is -0.504 e. The summed E-state index contributed by atoms with van der Waals surface area (Å²) in [6.45, 7) is 5.82. The van der Waals surface area contributed by atoms with Crippen LogP contribution in [0.4, 0.5) is 10.6 Å². The van der Waals surface area contributed by atoms with Crippen molar-refractivity contribution >= 4 is 23.7 Å². The van der Waals surface area contributed by atoms with Gasteiger partial charge in [0.05, 0.1) is 0 Å². The number of hydrogen-bond acceptors (Lipinski definition) is 5. The van der Waals surface area contributed by atoms with Crippen molar-refractivity contribution in [3.63, 3.8) is 0 Å². The molecule has 3 rings (SSSR count). The predicted molar refractivity (Wildman–Crippen MR) is 94.3 cm³/mol. The van der Waals surface area contributed by atoms with E-state index in [9.17, 15) is 19.5 Å². The fourth-order valence-electron chi connectivity index (χ4n) is 4.46. The highest BCUT2D eigenvalue weighted by molar-refractivity contribution is 6.10. The van der Waals surface area contributed by atoms with Crippen molar-refractivity contribution in [1.29, 1.82) is 0 Å². The van der Waals surface area contributed by atoms with Gasteiger partial charge in [0.15, 0.2) is 11.6 Å². The molecule has 140 valence electrons. The topological polar surface area (TPSA) is 112 Å². The van der Waals surface area contributed by atoms with Crippen molar-refractivity contribution < 1.29 is 19.5 Å². The third-order valence-corrected chi connectivity index (χ3v) is 4.97. The minimum absolute atomic E-state index is 0.00770. The molecule has 4 amide bonds. The van der Waals surface area contributed by atoms with Gasteiger partial charge in [0.1, 0.15) is 12.1 Å². The Kier molecular flexibility index (Phi) is 4.37. The molecular formula is C18H24N4O4. The number of imide groups is 1. The van der Waals surface area contributed by atoms with E-state index in [2.05, 4.69) is 36.4 Å². The Hall–Kier alpha value is -2.64. The molecule has 1 aliphatic heterocycles. The number of anilines is 1. The molecule has 26 heavy (non-hydrogen) atoms. The molecule has 0 aromatic carbocycles. The molecule has 0 bridgehead atoms. The van der Waals surface area contributed by atoms with Crippen molar-refractivity contribution in [3.05, 3.63) is 18.3 Å². The van der Waals surface area contributed by atoms with E-state index in [1.807, 2.05) is 0 Å². The lowest BCUT2D eigenvalue weighted by Gasteiger charge is -2.43. The Bertz CT molecular complexity index is 763. The molecule has 2 heterocycles. The average molecular weight is 360 g/mol. The first-order chi connectivity index (χ1) is 12.1. The second-order valence-electron chi connectivity index (χ2n) is 8.18. The SMILES string of the molecule is CC1CC(C)(C)CC2(C1)NC(=O)N(CC(=O)Nc1ncccc1O)C2=O. The molecule has 8 heteroatoms. The number of urea groups is 1. The lowest BCUT2D eigenvalue weighted by molar-refractivity contribution is -0.136. The number of nitrogens with one attached hydrogen (secondary N) is 2. The Morgan fingerprint density at radius 1 is 1.42 bits per heavy atom. The third kappa shape index (κ3) is 3.36. The monoisotopic (exact) mass is 360 g/mol. The van der Waals surface area contributed by atoms with Crippen LogP contribution in [0.15, 0.2) is 18.3 Å². The molecule has 1 spiro atoms. The van der Waals surface area contributed by atoms with Crippen LogP contribution in [-0.2, 0) is 9.59 Å². The minimum atomic E-state index is -0.939. The molecule has 1 aromatic heterocycles. The van der Waals surface area contributed by atoms with Gasteiger partial charge in [-0.3, -0.25) is 14.5 Å². The molecular weight excluding hydrogens is 336 g/mol. The summed E-state index contributed by atoms with van der Waals surface area (Å²) in [5.74, 6) is -0.850. The maximum absolute atomic E-state index is 13.0. The Morgan fingerprint density at radius 3 is 2.81 bits per heavy atom. The lowest BCUT2D eigenvalue weighted by atomic mass is 9.64. The van der Waals surface area contributed by atoms with Gasteiger partial charge in [-0.2, -0.15) is 0 Å². The summed E-state index contributed by atoms with van der Waals surface area (Å²) >= 11 is 0. The summed E-state index contributed by atoms with van der Waals surface area (Å²) in [7, 11) is 0. The summed E-state index contributed by atoms with van der Waals surface area (Å²) < 4.78 is 0. The van der Waals surface area contributed by atoms with Crippen LogP contribution in [0, 0.1) is 11.3 Å². The summed E-state index contributed by atoms with van der Waals surface area (Å²) in [5.41, 5.74) is -1.01. The van der Waals surface area contributed by atoms with Crippen molar-refractivity contribution in [1.82, 2.24) is 15.2 Å². The van der Waals surface area contributed by atoms with Gasteiger partial charge in [-0.1, -0.05) is 20.8 Å². The van der Waals surface area contributed by atoms with E-state index >= 15 is 0 Å². The lowest BCUT2D eigenvalue weighted by Crippen LogP contribution is -2.54. The van der Waals surface area contributed by atoms with Crippen LogP contribution >= 0.6 is 0 Å². The quantitative estimate of drug-likeness (QED) is 0.713. The van der Waals surface area contributed by atoms with Gasteiger partial charge < -0.3 is 15.7 Å². The third-order valence-electron chi connectivity index (χ3n) is 4.97. The molecule has 2 atom stereocenters. The normalized spacial score (nSPS) is 27.5. The molecule has 1 aliphatic carbocycles. The van der Waals surface area contributed by atoms with E-state index in [1.54, 1.807) is 0 Å². The number of nitrogens with zero attached hydrogens (tertiary/aromatic N) is 2. The van der Waals surface area contributed by atoms with Gasteiger partial charge in [-0.15, -0.1) is 0 Å². The molecule has 1 saturated carbocycles. The van der Waals surface area contributed by atoms with E-state index in [1.165, 1.54) is 18.3 Å². The van der Waals surface area contributed by atoms with Gasteiger partial charge in [0.2, 0.25) is 5.91 Å². The van der Waals surface area contributed by atoms with E-state index in [0.29, 0.717) is 18.8 Å². The van der Waals surface area contributed by atoms with Crippen molar-refractivity contribution in [2.75, 3.05) is 11.9 Å². The zero-order valence-electron chi connectivity index (χ0n) is 15.2. The number of hydrogen-bond donors (Lipinski definition) is 3. The number of amides is 4. The number of rotatable bonds is 3. The zero-order valence-corrected chi connectivity index (χ0v) is 15.2. The summed E-state index contributed by atoms with van der Waals surface area (Å²) in [6, 6.07) is 2.36. The fourth-order valence-corrected chi connectivity index (χ4v) is 4.46. The maximum Gasteiger partial charge on any atom is 0.325 e. The summed E-state index contributed by atoms with van der Waals surface area (Å²) in [4.78, 5) is 42.4. The van der Waals surface area contributed by atoms with Crippen molar-refractivity contribution in [2.24, 2.45) is 11.3 Å². The molecule has 2 aliphatic rings. The van der Waals surface area contributed by atoms with Gasteiger partial charge in [0.25, 0.3) is 5.91 Å². The van der Waals surface area contributed by atoms with Gasteiger partial charge >= 0.3 is 6.03 Å². The van der Waals surface area contributed by atoms with Crippen LogP contribution in [0.5, 0.6) is 5.75 Å². The molecule has 3 N–H and O–H groups in total. The summed E-state index contributed by atoms with van der Waals surface area (Å²) in [6.07, 6.45) is 3.52. The molecule has 1 aromatic rings. The molecule has 2 unspecified atom stereocenters. The summed E-state index contributed by atoms with van der Waals surface area (Å²) in [5, 5.41) is 14.9. The number of aromatic hydroxyl groups is 1. The Labute approximate surface area is 152 Å². The molecule has 1 saturated heterocycles. The van der Waals surface area contributed by atoms with Gasteiger partial charge in [-0.25, -0.2) is 9.78 Å². The highest BCUT2D eigenvalue weighted by atomic mass is 16.3. The van der Waals surface area contributed by atoms with Crippen LogP contribution in [-0.4, -0.2) is 44.9 Å². The number of carbonyl (C=O) groups is 3. The second kappa shape index (κ2) is 6.26. The molecule has 2 fully saturated rings. The smallest absolute Gasteiger partial charge is 0.325 e. The highest BCUT2D eigenvalue weighted by Crippen LogP contribution is 2.46. The highest BCUT2D eigenvalue weighted by Gasteiger charge is 2.56. The average Bonchev–Trinajstić information content (AvgIpc) is 2.71. The van der Waals surface area contributed by atoms with Crippen LogP contribution in [0.1, 0.15) is 40.0 Å². The van der Waals surface area contributed by atoms with Crippen LogP contribution < -0.4 is 10.6 Å². The Balaban J connectivity index is 1.73. The van der Waals surface area contributed by atoms with Crippen molar-refractivity contribution in [2.45, 2.75) is 45.6 Å². The van der Waals surface area contributed by atoms with Crippen LogP contribution in [0.25, 0.3) is 0 Å². The van der Waals surface area contributed by atoms with E-state index in [-0.39, 0.29) is 22.9 Å². The van der Waals surface area contributed by atoms with Crippen molar-refractivity contribution in [3.8, 4) is 5.75 Å². The second-order valence-corrected chi connectivity index (χ2v) is 8.18. The largest absolute Gasteiger partial charge is 0.504 e. The first-order valence-corrected chi connectivity index (χ1v) is 8.70. The van der Waals surface area contributed by atoms with E-state index < -0.39 is 24.0 Å². The predicted octanol–water partition coefficient (Wildman–Crippen LogP) is 1.86. The first kappa shape index (κ1) is 18.2. The van der Waals surface area contributed by atoms with Crippen LogP contribution in [0.3, 0.4) is 0 Å². The van der Waals surface area contributed by atoms with E-state index in [0.717, 1.165) is 11.3 Å². The van der Waals surface area contributed by atoms with Gasteiger partial charge in [-0.05, 0) is 42.7 Å². The number of pyridine rings is 1. The molecule has 0 radical (unpaired) electrons. The van der Waals surface area contributed by atoms with Crippen LogP contribution in [0.2, 0.25) is 0 Å². The number of aromatic nitrogens is 1. The number of carbonyl (C=O) groups excluding carboxylic acids is 3. The zero-order chi connectivity index (χ0) is 19.1. The van der Waals surface area contributed by atoms with Gasteiger partial charge in [0, 0.05) is 6.20 Å². The standard InChI is InChI=1S/C18H24N4O4/c1-11-7-17(2,3)10-18(8-11)15(25)22(16(26)21-18)9-13(24)20-14-12(23)5-4-6-19-14/h4-6,11,23H,7-10H2,1-3H3,(H,21,26)(H,19,20,24). The first-order valence-electron chi connectivity index (χ1n) is 8.70. The molecule has 8 nitrogen and oxygen atoms in total. The fraction of sp³-hybridized carbons (Fsp3) is 0.556.